The number of nitrogens with zero attached hydrogens (tertiary/aromatic N) is 2. The highest BCUT2D eigenvalue weighted by Crippen LogP contribution is 2.24. The first-order valence-electron chi connectivity index (χ1n) is 9.97. The van der Waals surface area contributed by atoms with Crippen molar-refractivity contribution >= 4 is 33.7 Å². The van der Waals surface area contributed by atoms with Crippen LogP contribution in [0.2, 0.25) is 0 Å². The van der Waals surface area contributed by atoms with Gasteiger partial charge in [-0.1, -0.05) is 71.9 Å². The van der Waals surface area contributed by atoms with E-state index in [-0.39, 0.29) is 5.91 Å². The van der Waals surface area contributed by atoms with Gasteiger partial charge in [0.05, 0.1) is 17.7 Å². The molecule has 0 atom stereocenters. The Morgan fingerprint density at radius 1 is 0.903 bits per heavy atom. The van der Waals surface area contributed by atoms with Crippen molar-refractivity contribution in [2.75, 3.05) is 5.32 Å². The van der Waals surface area contributed by atoms with E-state index >= 15 is 0 Å². The van der Waals surface area contributed by atoms with Gasteiger partial charge in [0.25, 0.3) is 0 Å². The first kappa shape index (κ1) is 19.2. The van der Waals surface area contributed by atoms with Crippen molar-refractivity contribution in [3.8, 4) is 10.7 Å². The third-order valence-electron chi connectivity index (χ3n) is 5.07. The maximum atomic E-state index is 12.8. The molecule has 0 bridgehead atoms. The molecule has 0 spiro atoms. The van der Waals surface area contributed by atoms with E-state index in [1.165, 1.54) is 0 Å². The summed E-state index contributed by atoms with van der Waals surface area (Å²) in [5.74, 6) is 1.04. The average molecular weight is 426 g/mol. The predicted molar refractivity (Wildman–Crippen MR) is 123 cm³/mol. The number of aromatic nitrogens is 2. The number of thiophene rings is 1. The second-order valence-corrected chi connectivity index (χ2v) is 8.13. The minimum absolute atomic E-state index is 0.0615. The van der Waals surface area contributed by atoms with Gasteiger partial charge < -0.3 is 9.84 Å². The quantitative estimate of drug-likeness (QED) is 0.378. The van der Waals surface area contributed by atoms with Gasteiger partial charge >= 0.3 is 0 Å². The smallest absolute Gasteiger partial charge is 0.231 e. The number of rotatable bonds is 6. The lowest BCUT2D eigenvalue weighted by Gasteiger charge is -2.11. The minimum Gasteiger partial charge on any atom is -0.339 e. The highest BCUT2D eigenvalue weighted by molar-refractivity contribution is 7.13. The van der Waals surface area contributed by atoms with Crippen molar-refractivity contribution < 1.29 is 9.32 Å². The molecular weight excluding hydrogens is 406 g/mol. The number of hydrogen-bond donors (Lipinski definition) is 1. The molecule has 0 aliphatic carbocycles. The fourth-order valence-electron chi connectivity index (χ4n) is 3.61. The van der Waals surface area contributed by atoms with Crippen molar-refractivity contribution in [1.82, 2.24) is 10.1 Å². The second kappa shape index (κ2) is 8.53. The summed E-state index contributed by atoms with van der Waals surface area (Å²) in [6, 6.07) is 25.8. The predicted octanol–water partition coefficient (Wildman–Crippen LogP) is 5.72. The highest BCUT2D eigenvalue weighted by atomic mass is 32.1. The first-order valence-corrected chi connectivity index (χ1v) is 10.8. The number of hydrogen-bond acceptors (Lipinski definition) is 5. The van der Waals surface area contributed by atoms with E-state index in [4.69, 9.17) is 4.52 Å². The molecule has 1 N–H and O–H groups in total. The molecular formula is C25H19N3O2S. The van der Waals surface area contributed by atoms with Crippen LogP contribution >= 0.6 is 11.3 Å². The molecule has 31 heavy (non-hydrogen) atoms. The Labute approximate surface area is 183 Å². The molecule has 2 aromatic heterocycles. The molecule has 0 unspecified atom stereocenters. The van der Waals surface area contributed by atoms with E-state index in [1.54, 1.807) is 11.3 Å². The Morgan fingerprint density at radius 3 is 2.61 bits per heavy atom. The molecule has 0 saturated heterocycles. The molecule has 0 saturated carbocycles. The summed E-state index contributed by atoms with van der Waals surface area (Å²) < 4.78 is 5.43. The molecule has 152 valence electrons. The molecule has 5 rings (SSSR count). The lowest BCUT2D eigenvalue weighted by atomic mass is 10.0. The molecule has 0 radical (unpaired) electrons. The van der Waals surface area contributed by atoms with Gasteiger partial charge in [-0.25, -0.2) is 0 Å². The molecule has 5 aromatic rings. The molecule has 2 heterocycles. The van der Waals surface area contributed by atoms with Gasteiger partial charge in [0.2, 0.25) is 17.6 Å². The molecule has 3 aromatic carbocycles. The standard InChI is InChI=1S/C25H19N3O2S/c29-23(15-18-10-5-9-17-7-1-3-11-20(17)18)26-21-12-4-2-8-19(21)16-24-27-25(28-30-24)22-13-6-14-31-22/h1-14H,15-16H2,(H,26,29). The minimum atomic E-state index is -0.0615. The molecule has 6 heteroatoms. The van der Waals surface area contributed by atoms with Gasteiger partial charge in [-0.3, -0.25) is 4.79 Å². The Bertz CT molecular complexity index is 1340. The SMILES string of the molecule is O=C(Cc1cccc2ccccc12)Nc1ccccc1Cc1nc(-c2cccs2)no1. The van der Waals surface area contributed by atoms with Gasteiger partial charge in [-0.15, -0.1) is 11.3 Å². The molecule has 0 aliphatic heterocycles. The van der Waals surface area contributed by atoms with Gasteiger partial charge in [-0.2, -0.15) is 4.98 Å². The van der Waals surface area contributed by atoms with Crippen LogP contribution in [-0.4, -0.2) is 16.0 Å². The normalized spacial score (nSPS) is 11.0. The number of carbonyl (C=O) groups is 1. The first-order chi connectivity index (χ1) is 15.3. The second-order valence-electron chi connectivity index (χ2n) is 7.19. The number of anilines is 1. The van der Waals surface area contributed by atoms with Gasteiger partial charge in [0.15, 0.2) is 0 Å². The van der Waals surface area contributed by atoms with Crippen LogP contribution in [0.15, 0.2) is 88.8 Å². The monoisotopic (exact) mass is 425 g/mol. The molecule has 1 amide bonds. The van der Waals surface area contributed by atoms with Crippen molar-refractivity contribution in [2.24, 2.45) is 0 Å². The zero-order valence-electron chi connectivity index (χ0n) is 16.6. The molecule has 5 nitrogen and oxygen atoms in total. The third-order valence-corrected chi connectivity index (χ3v) is 5.94. The Balaban J connectivity index is 1.33. The van der Waals surface area contributed by atoms with E-state index in [0.29, 0.717) is 24.6 Å². The third kappa shape index (κ3) is 4.25. The van der Waals surface area contributed by atoms with Crippen molar-refractivity contribution in [3.63, 3.8) is 0 Å². The van der Waals surface area contributed by atoms with Crippen molar-refractivity contribution in [1.29, 1.82) is 0 Å². The van der Waals surface area contributed by atoms with Crippen molar-refractivity contribution in [3.05, 3.63) is 101 Å². The van der Waals surface area contributed by atoms with E-state index in [1.807, 2.05) is 72.1 Å². The topological polar surface area (TPSA) is 68.0 Å². The van der Waals surface area contributed by atoms with E-state index in [2.05, 4.69) is 27.6 Å². The molecule has 0 fully saturated rings. The number of nitrogens with one attached hydrogen (secondary N) is 1. The largest absolute Gasteiger partial charge is 0.339 e. The summed E-state index contributed by atoms with van der Waals surface area (Å²) in [5, 5.41) is 11.3. The zero-order valence-corrected chi connectivity index (χ0v) is 17.4. The fraction of sp³-hybridized carbons (Fsp3) is 0.0800. The Kier molecular flexibility index (Phi) is 5.29. The Morgan fingerprint density at radius 2 is 1.71 bits per heavy atom. The van der Waals surface area contributed by atoms with E-state index in [9.17, 15) is 4.79 Å². The lowest BCUT2D eigenvalue weighted by molar-refractivity contribution is -0.115. The lowest BCUT2D eigenvalue weighted by Crippen LogP contribution is -2.16. The fourth-order valence-corrected chi connectivity index (χ4v) is 4.26. The van der Waals surface area contributed by atoms with E-state index < -0.39 is 0 Å². The van der Waals surface area contributed by atoms with Crippen molar-refractivity contribution in [2.45, 2.75) is 12.8 Å². The summed E-state index contributed by atoms with van der Waals surface area (Å²) in [5.41, 5.74) is 2.68. The summed E-state index contributed by atoms with van der Waals surface area (Å²) in [6.07, 6.45) is 0.752. The van der Waals surface area contributed by atoms with Crippen LogP contribution in [0, 0.1) is 0 Å². The van der Waals surface area contributed by atoms with Crippen LogP contribution in [0.25, 0.3) is 21.5 Å². The van der Waals surface area contributed by atoms with Gasteiger partial charge in [0.1, 0.15) is 0 Å². The highest BCUT2D eigenvalue weighted by Gasteiger charge is 2.14. The van der Waals surface area contributed by atoms with Crippen LogP contribution in [0.3, 0.4) is 0 Å². The maximum absolute atomic E-state index is 12.8. The maximum Gasteiger partial charge on any atom is 0.231 e. The number of benzene rings is 3. The Hall–Kier alpha value is -3.77. The summed E-state index contributed by atoms with van der Waals surface area (Å²) in [6.45, 7) is 0. The number of fused-ring (bicyclic) bond motifs is 1. The number of para-hydroxylation sites is 1. The summed E-state index contributed by atoms with van der Waals surface area (Å²) >= 11 is 1.57. The summed E-state index contributed by atoms with van der Waals surface area (Å²) in [7, 11) is 0. The summed E-state index contributed by atoms with van der Waals surface area (Å²) in [4.78, 5) is 18.3. The van der Waals surface area contributed by atoms with Crippen LogP contribution in [0.5, 0.6) is 0 Å². The van der Waals surface area contributed by atoms with Crippen LogP contribution < -0.4 is 5.32 Å². The van der Waals surface area contributed by atoms with Crippen LogP contribution in [0.1, 0.15) is 17.0 Å². The van der Waals surface area contributed by atoms with Crippen LogP contribution in [-0.2, 0) is 17.6 Å². The number of carbonyl (C=O) groups excluding carboxylic acids is 1. The van der Waals surface area contributed by atoms with Gasteiger partial charge in [-0.05, 0) is 39.4 Å². The van der Waals surface area contributed by atoms with Gasteiger partial charge in [0, 0.05) is 5.69 Å². The zero-order chi connectivity index (χ0) is 21.0. The van der Waals surface area contributed by atoms with Crippen LogP contribution in [0.4, 0.5) is 5.69 Å². The average Bonchev–Trinajstić information content (AvgIpc) is 3.47. The van der Waals surface area contributed by atoms with E-state index in [0.717, 1.165) is 32.5 Å². The molecule has 0 aliphatic rings. The number of amides is 1.